The quantitative estimate of drug-likeness (QED) is 0.805. The summed E-state index contributed by atoms with van der Waals surface area (Å²) >= 11 is 0. The summed E-state index contributed by atoms with van der Waals surface area (Å²) in [5, 5.41) is 13.3. The van der Waals surface area contributed by atoms with Crippen molar-refractivity contribution in [1.29, 1.82) is 0 Å². The Labute approximate surface area is 122 Å². The number of aryl methyl sites for hydroxylation is 1. The normalized spacial score (nSPS) is 23.8. The average Bonchev–Trinajstić information content (AvgIpc) is 2.83. The first-order valence-electron chi connectivity index (χ1n) is 7.72. The number of aliphatic hydroxyl groups excluding tert-OH is 1. The van der Waals surface area contributed by atoms with Crippen molar-refractivity contribution in [2.75, 3.05) is 19.7 Å². The van der Waals surface area contributed by atoms with E-state index in [-0.39, 0.29) is 0 Å². The summed E-state index contributed by atoms with van der Waals surface area (Å²) in [6.45, 7) is 6.31. The molecule has 20 heavy (non-hydrogen) atoms. The van der Waals surface area contributed by atoms with Gasteiger partial charge in [-0.05, 0) is 49.8 Å². The summed E-state index contributed by atoms with van der Waals surface area (Å²) in [6, 6.07) is 7.90. The van der Waals surface area contributed by atoms with E-state index in [2.05, 4.69) is 12.2 Å². The van der Waals surface area contributed by atoms with Crippen LogP contribution in [0.15, 0.2) is 24.3 Å². The molecule has 1 saturated carbocycles. The summed E-state index contributed by atoms with van der Waals surface area (Å²) in [4.78, 5) is 0. The van der Waals surface area contributed by atoms with Gasteiger partial charge in [0.2, 0.25) is 0 Å². The average molecular weight is 277 g/mol. The van der Waals surface area contributed by atoms with E-state index in [1.54, 1.807) is 0 Å². The van der Waals surface area contributed by atoms with Crippen LogP contribution in [0.5, 0.6) is 5.75 Å². The molecule has 1 aliphatic rings. The van der Waals surface area contributed by atoms with Crippen molar-refractivity contribution in [1.82, 2.24) is 5.32 Å². The Balaban J connectivity index is 1.61. The highest BCUT2D eigenvalue weighted by Gasteiger charge is 2.20. The van der Waals surface area contributed by atoms with Gasteiger partial charge in [-0.1, -0.05) is 31.5 Å². The van der Waals surface area contributed by atoms with Gasteiger partial charge in [-0.25, -0.2) is 0 Å². The lowest BCUT2D eigenvalue weighted by molar-refractivity contribution is 0.105. The first-order valence-corrected chi connectivity index (χ1v) is 7.72. The molecule has 3 atom stereocenters. The Hall–Kier alpha value is -1.06. The molecule has 1 aliphatic carbocycles. The lowest BCUT2D eigenvalue weighted by atomic mass is 10.1. The van der Waals surface area contributed by atoms with Crippen LogP contribution in [0.25, 0.3) is 0 Å². The molecule has 0 amide bonds. The maximum absolute atomic E-state index is 9.94. The first-order chi connectivity index (χ1) is 9.65. The van der Waals surface area contributed by atoms with Crippen molar-refractivity contribution in [3.8, 4) is 5.75 Å². The highest BCUT2D eigenvalue weighted by Crippen LogP contribution is 2.29. The number of nitrogens with one attached hydrogen (secondary N) is 1. The van der Waals surface area contributed by atoms with E-state index in [4.69, 9.17) is 4.74 Å². The molecule has 3 heteroatoms. The number of benzene rings is 1. The molecule has 0 radical (unpaired) electrons. The molecular formula is C17H27NO2. The fourth-order valence-corrected chi connectivity index (χ4v) is 2.93. The predicted octanol–water partition coefficient (Wildman–Crippen LogP) is 2.76. The van der Waals surface area contributed by atoms with E-state index in [1.165, 1.54) is 19.3 Å². The zero-order chi connectivity index (χ0) is 14.4. The van der Waals surface area contributed by atoms with E-state index in [1.807, 2.05) is 31.2 Å². The first kappa shape index (κ1) is 15.3. The number of para-hydroxylation sites is 1. The van der Waals surface area contributed by atoms with Crippen molar-refractivity contribution >= 4 is 0 Å². The summed E-state index contributed by atoms with van der Waals surface area (Å²) in [7, 11) is 0. The van der Waals surface area contributed by atoms with Crippen molar-refractivity contribution in [3.05, 3.63) is 29.8 Å². The van der Waals surface area contributed by atoms with E-state index in [9.17, 15) is 5.11 Å². The van der Waals surface area contributed by atoms with Gasteiger partial charge in [0, 0.05) is 6.54 Å². The Kier molecular flexibility index (Phi) is 5.86. The summed E-state index contributed by atoms with van der Waals surface area (Å²) in [5.74, 6) is 2.52. The maximum atomic E-state index is 9.94. The van der Waals surface area contributed by atoms with E-state index >= 15 is 0 Å². The lowest BCUT2D eigenvalue weighted by Crippen LogP contribution is -2.34. The molecule has 2 rings (SSSR count). The molecule has 2 N–H and O–H groups in total. The Morgan fingerprint density at radius 2 is 2.15 bits per heavy atom. The summed E-state index contributed by atoms with van der Waals surface area (Å²) in [5.41, 5.74) is 1.10. The van der Waals surface area contributed by atoms with Gasteiger partial charge in [0.1, 0.15) is 18.5 Å². The maximum Gasteiger partial charge on any atom is 0.122 e. The molecule has 0 saturated heterocycles. The van der Waals surface area contributed by atoms with Crippen LogP contribution >= 0.6 is 0 Å². The molecule has 0 spiro atoms. The van der Waals surface area contributed by atoms with Gasteiger partial charge in [-0.2, -0.15) is 0 Å². The predicted molar refractivity (Wildman–Crippen MR) is 82.1 cm³/mol. The minimum atomic E-state index is -0.451. The van der Waals surface area contributed by atoms with Crippen LogP contribution in [0, 0.1) is 18.8 Å². The standard InChI is InChI=1S/C17H27NO2/c1-13-7-8-15(9-13)10-18-11-16(19)12-20-17-6-4-3-5-14(17)2/h3-6,13,15-16,18-19H,7-12H2,1-2H3. The second-order valence-corrected chi connectivity index (χ2v) is 6.17. The van der Waals surface area contributed by atoms with E-state index < -0.39 is 6.10 Å². The molecular weight excluding hydrogens is 250 g/mol. The van der Waals surface area contributed by atoms with Crippen molar-refractivity contribution in [2.45, 2.75) is 39.2 Å². The van der Waals surface area contributed by atoms with Crippen molar-refractivity contribution < 1.29 is 9.84 Å². The molecule has 1 aromatic rings. The fraction of sp³-hybridized carbons (Fsp3) is 0.647. The third-order valence-corrected chi connectivity index (χ3v) is 4.14. The fourth-order valence-electron chi connectivity index (χ4n) is 2.93. The number of hydrogen-bond donors (Lipinski definition) is 2. The number of ether oxygens (including phenoxy) is 1. The van der Waals surface area contributed by atoms with Crippen LogP contribution in [0.1, 0.15) is 31.7 Å². The number of rotatable bonds is 7. The van der Waals surface area contributed by atoms with Gasteiger partial charge in [0.05, 0.1) is 0 Å². The van der Waals surface area contributed by atoms with Gasteiger partial charge in [0.25, 0.3) is 0 Å². The van der Waals surface area contributed by atoms with Gasteiger partial charge in [0.15, 0.2) is 0 Å². The molecule has 0 aliphatic heterocycles. The Morgan fingerprint density at radius 1 is 1.35 bits per heavy atom. The second kappa shape index (κ2) is 7.65. The Bertz CT molecular complexity index is 408. The molecule has 1 fully saturated rings. The zero-order valence-electron chi connectivity index (χ0n) is 12.6. The van der Waals surface area contributed by atoms with Gasteiger partial charge in [-0.15, -0.1) is 0 Å². The molecule has 3 unspecified atom stereocenters. The monoisotopic (exact) mass is 277 g/mol. The van der Waals surface area contributed by atoms with Crippen LogP contribution in [0.3, 0.4) is 0 Å². The molecule has 3 nitrogen and oxygen atoms in total. The minimum absolute atomic E-state index is 0.346. The lowest BCUT2D eigenvalue weighted by Gasteiger charge is -2.16. The van der Waals surface area contributed by atoms with Crippen LogP contribution < -0.4 is 10.1 Å². The van der Waals surface area contributed by atoms with Crippen LogP contribution in [0.4, 0.5) is 0 Å². The Morgan fingerprint density at radius 3 is 2.85 bits per heavy atom. The summed E-state index contributed by atoms with van der Waals surface area (Å²) < 4.78 is 5.65. The van der Waals surface area contributed by atoms with Crippen molar-refractivity contribution in [3.63, 3.8) is 0 Å². The number of hydrogen-bond acceptors (Lipinski definition) is 3. The number of aliphatic hydroxyl groups is 1. The molecule has 112 valence electrons. The highest BCUT2D eigenvalue weighted by molar-refractivity contribution is 5.31. The molecule has 0 aromatic heterocycles. The smallest absolute Gasteiger partial charge is 0.122 e. The molecule has 1 aromatic carbocycles. The van der Waals surface area contributed by atoms with Gasteiger partial charge in [-0.3, -0.25) is 0 Å². The van der Waals surface area contributed by atoms with E-state index in [0.29, 0.717) is 13.2 Å². The van der Waals surface area contributed by atoms with Gasteiger partial charge < -0.3 is 15.2 Å². The van der Waals surface area contributed by atoms with Crippen molar-refractivity contribution in [2.24, 2.45) is 11.8 Å². The molecule has 0 heterocycles. The van der Waals surface area contributed by atoms with Crippen LogP contribution in [-0.4, -0.2) is 30.9 Å². The third-order valence-electron chi connectivity index (χ3n) is 4.14. The molecule has 0 bridgehead atoms. The highest BCUT2D eigenvalue weighted by atomic mass is 16.5. The SMILES string of the molecule is Cc1ccccc1OCC(O)CNCC1CCC(C)C1. The van der Waals surface area contributed by atoms with E-state index in [0.717, 1.165) is 29.7 Å². The summed E-state index contributed by atoms with van der Waals surface area (Å²) in [6.07, 6.45) is 3.55. The van der Waals surface area contributed by atoms with Crippen LogP contribution in [0.2, 0.25) is 0 Å². The minimum Gasteiger partial charge on any atom is -0.491 e. The zero-order valence-corrected chi connectivity index (χ0v) is 12.6. The van der Waals surface area contributed by atoms with Crippen LogP contribution in [-0.2, 0) is 0 Å². The largest absolute Gasteiger partial charge is 0.491 e. The third kappa shape index (κ3) is 4.80. The van der Waals surface area contributed by atoms with Gasteiger partial charge >= 0.3 is 0 Å². The second-order valence-electron chi connectivity index (χ2n) is 6.17. The topological polar surface area (TPSA) is 41.5 Å².